The fraction of sp³-hybridized carbons (Fsp3) is 0.375. The molecule has 31 heavy (non-hydrogen) atoms. The second-order valence-corrected chi connectivity index (χ2v) is 9.09. The maximum Gasteiger partial charge on any atom is 0.234 e. The molecule has 1 heterocycles. The summed E-state index contributed by atoms with van der Waals surface area (Å²) < 4.78 is 7.61. The van der Waals surface area contributed by atoms with Gasteiger partial charge in [0.2, 0.25) is 5.91 Å². The van der Waals surface area contributed by atoms with E-state index in [1.165, 1.54) is 17.3 Å². The molecule has 0 atom stereocenters. The van der Waals surface area contributed by atoms with E-state index in [4.69, 9.17) is 4.74 Å². The topological polar surface area (TPSA) is 69.0 Å². The number of carbonyl (C=O) groups excluding carboxylic acids is 1. The van der Waals surface area contributed by atoms with Crippen LogP contribution in [0.25, 0.3) is 11.4 Å². The predicted octanol–water partition coefficient (Wildman–Crippen LogP) is 5.39. The number of hydrogen-bond acceptors (Lipinski definition) is 5. The van der Waals surface area contributed by atoms with Crippen LogP contribution in [0.5, 0.6) is 5.75 Å². The zero-order valence-corrected chi connectivity index (χ0v) is 19.6. The van der Waals surface area contributed by atoms with Crippen LogP contribution in [0.15, 0.2) is 53.7 Å². The van der Waals surface area contributed by atoms with E-state index in [1.807, 2.05) is 35.8 Å². The zero-order chi connectivity index (χ0) is 22.4. The van der Waals surface area contributed by atoms with Gasteiger partial charge in [0.1, 0.15) is 5.75 Å². The highest BCUT2D eigenvalue weighted by Gasteiger charge is 2.17. The summed E-state index contributed by atoms with van der Waals surface area (Å²) in [5, 5.41) is 12.4. The number of ether oxygens (including phenoxy) is 1. The first-order valence-electron chi connectivity index (χ1n) is 10.5. The lowest BCUT2D eigenvalue weighted by Gasteiger charge is -2.19. The average Bonchev–Trinajstić information content (AvgIpc) is 3.16. The summed E-state index contributed by atoms with van der Waals surface area (Å²) in [5.74, 6) is 1.61. The van der Waals surface area contributed by atoms with Crippen molar-refractivity contribution in [1.82, 2.24) is 14.8 Å². The third-order valence-electron chi connectivity index (χ3n) is 4.84. The molecule has 1 amide bonds. The molecule has 3 rings (SSSR count). The first kappa shape index (κ1) is 22.9. The summed E-state index contributed by atoms with van der Waals surface area (Å²) in [5.41, 5.74) is 3.07. The Kier molecular flexibility index (Phi) is 7.38. The van der Waals surface area contributed by atoms with Gasteiger partial charge in [0.25, 0.3) is 0 Å². The second kappa shape index (κ2) is 10.0. The normalized spacial score (nSPS) is 11.4. The Balaban J connectivity index is 1.69. The molecule has 0 unspecified atom stereocenters. The van der Waals surface area contributed by atoms with Gasteiger partial charge in [-0.3, -0.25) is 4.79 Å². The molecule has 0 aliphatic rings. The summed E-state index contributed by atoms with van der Waals surface area (Å²) >= 11 is 1.38. The molecule has 1 N–H and O–H groups in total. The van der Waals surface area contributed by atoms with Crippen LogP contribution >= 0.6 is 11.8 Å². The molecular weight excluding hydrogens is 408 g/mol. The van der Waals surface area contributed by atoms with E-state index in [0.717, 1.165) is 23.1 Å². The van der Waals surface area contributed by atoms with Gasteiger partial charge in [-0.2, -0.15) is 0 Å². The summed E-state index contributed by atoms with van der Waals surface area (Å²) in [6, 6.07) is 15.9. The van der Waals surface area contributed by atoms with Crippen LogP contribution in [0, 0.1) is 0 Å². The molecule has 0 saturated carbocycles. The van der Waals surface area contributed by atoms with E-state index in [1.54, 1.807) is 0 Å². The maximum absolute atomic E-state index is 12.5. The van der Waals surface area contributed by atoms with Gasteiger partial charge >= 0.3 is 0 Å². The van der Waals surface area contributed by atoms with E-state index in [9.17, 15) is 4.79 Å². The highest BCUT2D eigenvalue weighted by atomic mass is 32.2. The van der Waals surface area contributed by atoms with Crippen molar-refractivity contribution in [1.29, 1.82) is 0 Å². The van der Waals surface area contributed by atoms with Crippen molar-refractivity contribution >= 4 is 23.4 Å². The number of nitrogens with zero attached hydrogens (tertiary/aromatic N) is 3. The lowest BCUT2D eigenvalue weighted by atomic mass is 9.87. The Morgan fingerprint density at radius 1 is 1.06 bits per heavy atom. The number of nitrogens with one attached hydrogen (secondary N) is 1. The van der Waals surface area contributed by atoms with E-state index in [2.05, 4.69) is 67.5 Å². The third-order valence-corrected chi connectivity index (χ3v) is 5.80. The maximum atomic E-state index is 12.5. The fourth-order valence-electron chi connectivity index (χ4n) is 3.18. The number of aromatic nitrogens is 3. The van der Waals surface area contributed by atoms with E-state index < -0.39 is 0 Å². The first-order valence-corrected chi connectivity index (χ1v) is 11.5. The first-order chi connectivity index (χ1) is 14.8. The van der Waals surface area contributed by atoms with Crippen molar-refractivity contribution in [2.75, 3.05) is 17.7 Å². The number of thioether (sulfide) groups is 1. The molecule has 3 aromatic rings. The van der Waals surface area contributed by atoms with Crippen LogP contribution < -0.4 is 10.1 Å². The molecule has 0 saturated heterocycles. The van der Waals surface area contributed by atoms with Crippen LogP contribution in [0.1, 0.15) is 40.2 Å². The molecule has 0 bridgehead atoms. The summed E-state index contributed by atoms with van der Waals surface area (Å²) in [7, 11) is 0. The molecule has 0 spiro atoms. The molecule has 2 aromatic carbocycles. The highest BCUT2D eigenvalue weighted by Crippen LogP contribution is 2.28. The van der Waals surface area contributed by atoms with Gasteiger partial charge < -0.3 is 14.6 Å². The van der Waals surface area contributed by atoms with E-state index in [-0.39, 0.29) is 17.1 Å². The molecule has 164 valence electrons. The van der Waals surface area contributed by atoms with Crippen molar-refractivity contribution in [3.05, 3.63) is 54.1 Å². The standard InChI is InChI=1S/C24H30N4O2S/c1-6-28-22(17-12-14-18(15-13-17)24(3,4)5)26-27-23(28)31-16-21(29)25-19-10-8-9-11-20(19)30-7-2/h8-15H,6-7,16H2,1-5H3,(H,25,29). The minimum atomic E-state index is -0.112. The fourth-order valence-corrected chi connectivity index (χ4v) is 3.98. The molecule has 0 fully saturated rings. The Labute approximate surface area is 188 Å². The van der Waals surface area contributed by atoms with Crippen molar-refractivity contribution < 1.29 is 9.53 Å². The minimum Gasteiger partial charge on any atom is -0.492 e. The third kappa shape index (κ3) is 5.67. The molecule has 6 nitrogen and oxygen atoms in total. The zero-order valence-electron chi connectivity index (χ0n) is 18.8. The minimum absolute atomic E-state index is 0.103. The lowest BCUT2D eigenvalue weighted by Crippen LogP contribution is -2.15. The molecular formula is C24H30N4O2S. The second-order valence-electron chi connectivity index (χ2n) is 8.14. The number of benzene rings is 2. The summed E-state index contributed by atoms with van der Waals surface area (Å²) in [6.45, 7) is 11.8. The summed E-state index contributed by atoms with van der Waals surface area (Å²) in [6.07, 6.45) is 0. The SMILES string of the molecule is CCOc1ccccc1NC(=O)CSc1nnc(-c2ccc(C(C)(C)C)cc2)n1CC. The Morgan fingerprint density at radius 3 is 2.42 bits per heavy atom. The van der Waals surface area contributed by atoms with Crippen LogP contribution in [0.3, 0.4) is 0 Å². The Hall–Kier alpha value is -2.80. The molecule has 0 aliphatic heterocycles. The van der Waals surface area contributed by atoms with Crippen molar-refractivity contribution in [3.8, 4) is 17.1 Å². The Bertz CT molecular complexity index is 1020. The number of amides is 1. The van der Waals surface area contributed by atoms with Crippen LogP contribution in [-0.2, 0) is 16.8 Å². The van der Waals surface area contributed by atoms with Crippen LogP contribution in [-0.4, -0.2) is 33.0 Å². The average molecular weight is 439 g/mol. The van der Waals surface area contributed by atoms with Gasteiger partial charge in [-0.25, -0.2) is 0 Å². The Morgan fingerprint density at radius 2 is 1.77 bits per heavy atom. The van der Waals surface area contributed by atoms with Crippen molar-refractivity contribution in [2.24, 2.45) is 0 Å². The van der Waals surface area contributed by atoms with E-state index >= 15 is 0 Å². The number of rotatable bonds is 8. The van der Waals surface area contributed by atoms with Gasteiger partial charge in [-0.1, -0.05) is 68.9 Å². The summed E-state index contributed by atoms with van der Waals surface area (Å²) in [4.78, 5) is 12.5. The monoisotopic (exact) mass is 438 g/mol. The number of hydrogen-bond donors (Lipinski definition) is 1. The van der Waals surface area contributed by atoms with E-state index in [0.29, 0.717) is 18.0 Å². The number of anilines is 1. The van der Waals surface area contributed by atoms with Crippen LogP contribution in [0.2, 0.25) is 0 Å². The molecule has 0 aliphatic carbocycles. The quantitative estimate of drug-likeness (QED) is 0.478. The smallest absolute Gasteiger partial charge is 0.234 e. The predicted molar refractivity (Wildman–Crippen MR) is 127 cm³/mol. The van der Waals surface area contributed by atoms with Crippen molar-refractivity contribution in [2.45, 2.75) is 51.7 Å². The molecule has 7 heteroatoms. The van der Waals surface area contributed by atoms with Gasteiger partial charge in [0.05, 0.1) is 18.0 Å². The van der Waals surface area contributed by atoms with Gasteiger partial charge in [-0.15, -0.1) is 10.2 Å². The van der Waals surface area contributed by atoms with Gasteiger partial charge in [0, 0.05) is 12.1 Å². The number of para-hydroxylation sites is 2. The molecule has 1 aromatic heterocycles. The van der Waals surface area contributed by atoms with Crippen LogP contribution in [0.4, 0.5) is 5.69 Å². The van der Waals surface area contributed by atoms with Gasteiger partial charge in [0.15, 0.2) is 11.0 Å². The lowest BCUT2D eigenvalue weighted by molar-refractivity contribution is -0.113. The largest absolute Gasteiger partial charge is 0.492 e. The molecule has 0 radical (unpaired) electrons. The number of carbonyl (C=O) groups is 1. The van der Waals surface area contributed by atoms with Crippen molar-refractivity contribution in [3.63, 3.8) is 0 Å². The van der Waals surface area contributed by atoms with Gasteiger partial charge in [-0.05, 0) is 37.0 Å². The highest BCUT2D eigenvalue weighted by molar-refractivity contribution is 7.99.